The number of nitrogens with one attached hydrogen (secondary N) is 1. The number of hydrogen-bond donors (Lipinski definition) is 2. The van der Waals surface area contributed by atoms with Crippen molar-refractivity contribution in [3.05, 3.63) is 68.8 Å². The molecule has 2 aromatic carbocycles. The summed E-state index contributed by atoms with van der Waals surface area (Å²) < 4.78 is 0. The number of benzene rings is 2. The van der Waals surface area contributed by atoms with E-state index in [1.54, 1.807) is 12.1 Å². The maximum atomic E-state index is 12.6. The molecule has 0 spiro atoms. The zero-order chi connectivity index (χ0) is 19.0. The molecule has 2 N–H and O–H groups in total. The van der Waals surface area contributed by atoms with Gasteiger partial charge >= 0.3 is 5.69 Å². The minimum atomic E-state index is -0.741. The number of rotatable bonds is 3. The summed E-state index contributed by atoms with van der Waals surface area (Å²) in [6, 6.07) is 9.18. The molecule has 2 aromatic rings. The molecule has 0 radical (unpaired) electrons. The van der Waals surface area contributed by atoms with Gasteiger partial charge in [-0.2, -0.15) is 0 Å². The first-order chi connectivity index (χ1) is 12.3. The number of phenols is 1. The summed E-state index contributed by atoms with van der Waals surface area (Å²) in [7, 11) is 0. The van der Waals surface area contributed by atoms with Gasteiger partial charge < -0.3 is 5.11 Å². The summed E-state index contributed by atoms with van der Waals surface area (Å²) in [5, 5.41) is 22.0. The lowest BCUT2D eigenvalue weighted by Crippen LogP contribution is -2.35. The van der Waals surface area contributed by atoms with Gasteiger partial charge in [0.15, 0.2) is 0 Å². The van der Waals surface area contributed by atoms with E-state index < -0.39 is 28.2 Å². The number of nitro benzene ring substituents is 1. The summed E-state index contributed by atoms with van der Waals surface area (Å²) in [6.07, 6.45) is 1.14. The van der Waals surface area contributed by atoms with Crippen LogP contribution in [0.4, 0.5) is 11.4 Å². The Kier molecular flexibility index (Phi) is 4.17. The number of hydrogen-bond acceptors (Lipinski definition) is 5. The smallest absolute Gasteiger partial charge is 0.311 e. The average Bonchev–Trinajstić information content (AvgIpc) is 2.87. The lowest BCUT2D eigenvalue weighted by molar-refractivity contribution is -0.385. The van der Waals surface area contributed by atoms with Gasteiger partial charge in [0.25, 0.3) is 11.8 Å². The van der Waals surface area contributed by atoms with Gasteiger partial charge in [-0.15, -0.1) is 0 Å². The molecule has 0 saturated carbocycles. The van der Waals surface area contributed by atoms with E-state index in [0.29, 0.717) is 5.69 Å². The lowest BCUT2D eigenvalue weighted by Gasteiger charge is -2.15. The third-order valence-corrected chi connectivity index (χ3v) is 4.18. The largest absolute Gasteiger partial charge is 0.502 e. The van der Waals surface area contributed by atoms with Crippen LogP contribution in [-0.4, -0.2) is 21.8 Å². The summed E-state index contributed by atoms with van der Waals surface area (Å²) >= 11 is 0. The predicted octanol–water partition coefficient (Wildman–Crippen LogP) is 2.38. The van der Waals surface area contributed by atoms with E-state index in [1.807, 2.05) is 19.9 Å². The van der Waals surface area contributed by atoms with Gasteiger partial charge in [0.05, 0.1) is 10.6 Å². The van der Waals surface area contributed by atoms with E-state index in [-0.39, 0.29) is 11.1 Å². The van der Waals surface area contributed by atoms with Crippen LogP contribution in [0.2, 0.25) is 0 Å². The monoisotopic (exact) mass is 353 g/mol. The number of phenolic OH excluding ortho intramolecular Hbond substituents is 1. The van der Waals surface area contributed by atoms with Crippen LogP contribution in [-0.2, 0) is 9.59 Å². The van der Waals surface area contributed by atoms with E-state index in [4.69, 9.17) is 0 Å². The number of para-hydroxylation sites is 1. The second-order valence-corrected chi connectivity index (χ2v) is 5.88. The zero-order valence-electron chi connectivity index (χ0n) is 14.0. The van der Waals surface area contributed by atoms with Crippen molar-refractivity contribution in [3.8, 4) is 5.75 Å². The van der Waals surface area contributed by atoms with E-state index in [0.717, 1.165) is 28.3 Å². The molecule has 0 aliphatic carbocycles. The topological polar surface area (TPSA) is 113 Å². The van der Waals surface area contributed by atoms with Crippen LogP contribution in [0.5, 0.6) is 5.75 Å². The Morgan fingerprint density at radius 2 is 1.88 bits per heavy atom. The molecule has 2 amide bonds. The first-order valence-corrected chi connectivity index (χ1v) is 7.70. The molecular formula is C18H15N3O5. The van der Waals surface area contributed by atoms with Crippen molar-refractivity contribution in [2.24, 2.45) is 0 Å². The first-order valence-electron chi connectivity index (χ1n) is 7.70. The second kappa shape index (κ2) is 6.32. The van der Waals surface area contributed by atoms with Crippen LogP contribution >= 0.6 is 0 Å². The molecule has 1 aliphatic rings. The second-order valence-electron chi connectivity index (χ2n) is 5.88. The Balaban J connectivity index is 1.99. The number of nitrogens with zero attached hydrogens (tertiary/aromatic N) is 2. The standard InChI is InChI=1S/C18H15N3O5/c1-10-6-7-13(8-11(10)2)20-18(24)14(17(23)19-20)9-12-4-3-5-15(16(12)22)21(25)26/h3-9,22H,1-2H3,(H,19,23). The third-order valence-electron chi connectivity index (χ3n) is 4.18. The minimum Gasteiger partial charge on any atom is -0.502 e. The Bertz CT molecular complexity index is 981. The van der Waals surface area contributed by atoms with Gasteiger partial charge in [-0.05, 0) is 43.2 Å². The van der Waals surface area contributed by atoms with E-state index in [2.05, 4.69) is 5.43 Å². The van der Waals surface area contributed by atoms with Crippen LogP contribution in [0.1, 0.15) is 16.7 Å². The Morgan fingerprint density at radius 1 is 1.15 bits per heavy atom. The van der Waals surface area contributed by atoms with E-state index in [9.17, 15) is 24.8 Å². The summed E-state index contributed by atoms with van der Waals surface area (Å²) in [4.78, 5) is 35.0. The highest BCUT2D eigenvalue weighted by molar-refractivity contribution is 6.31. The minimum absolute atomic E-state index is 0.0136. The van der Waals surface area contributed by atoms with Crippen molar-refractivity contribution in [1.29, 1.82) is 0 Å². The van der Waals surface area contributed by atoms with Crippen LogP contribution < -0.4 is 10.4 Å². The number of anilines is 1. The molecule has 26 heavy (non-hydrogen) atoms. The fourth-order valence-electron chi connectivity index (χ4n) is 2.57. The molecule has 8 heteroatoms. The van der Waals surface area contributed by atoms with Crippen LogP contribution in [0.25, 0.3) is 6.08 Å². The van der Waals surface area contributed by atoms with Gasteiger partial charge in [0.2, 0.25) is 5.75 Å². The highest BCUT2D eigenvalue weighted by Gasteiger charge is 2.35. The molecule has 1 heterocycles. The fraction of sp³-hybridized carbons (Fsp3) is 0.111. The van der Waals surface area contributed by atoms with Crippen molar-refractivity contribution in [2.75, 3.05) is 5.01 Å². The van der Waals surface area contributed by atoms with Crippen LogP contribution in [0.3, 0.4) is 0 Å². The number of carbonyl (C=O) groups is 2. The maximum Gasteiger partial charge on any atom is 0.311 e. The van der Waals surface area contributed by atoms with E-state index >= 15 is 0 Å². The molecule has 132 valence electrons. The van der Waals surface area contributed by atoms with Gasteiger partial charge in [-0.3, -0.25) is 25.1 Å². The van der Waals surface area contributed by atoms with Crippen molar-refractivity contribution in [2.45, 2.75) is 13.8 Å². The number of nitro groups is 1. The Labute approximate surface area is 148 Å². The van der Waals surface area contributed by atoms with Crippen molar-refractivity contribution < 1.29 is 19.6 Å². The van der Waals surface area contributed by atoms with Crippen molar-refractivity contribution in [1.82, 2.24) is 5.43 Å². The zero-order valence-corrected chi connectivity index (χ0v) is 14.0. The molecule has 8 nitrogen and oxygen atoms in total. The summed E-state index contributed by atoms with van der Waals surface area (Å²) in [5.74, 6) is -1.86. The van der Waals surface area contributed by atoms with Gasteiger partial charge in [-0.1, -0.05) is 18.2 Å². The van der Waals surface area contributed by atoms with Gasteiger partial charge in [0, 0.05) is 11.6 Å². The molecule has 1 saturated heterocycles. The molecular weight excluding hydrogens is 338 g/mol. The lowest BCUT2D eigenvalue weighted by atomic mass is 10.1. The summed E-state index contributed by atoms with van der Waals surface area (Å²) in [5.41, 5.74) is 4.24. The van der Waals surface area contributed by atoms with Gasteiger partial charge in [-0.25, -0.2) is 5.01 Å². The summed E-state index contributed by atoms with van der Waals surface area (Å²) in [6.45, 7) is 3.82. The van der Waals surface area contributed by atoms with Gasteiger partial charge in [0.1, 0.15) is 5.57 Å². The van der Waals surface area contributed by atoms with Crippen molar-refractivity contribution in [3.63, 3.8) is 0 Å². The highest BCUT2D eigenvalue weighted by atomic mass is 16.6. The Morgan fingerprint density at radius 3 is 2.54 bits per heavy atom. The molecule has 1 fully saturated rings. The molecule has 1 aliphatic heterocycles. The molecule has 0 atom stereocenters. The van der Waals surface area contributed by atoms with E-state index in [1.165, 1.54) is 12.1 Å². The number of carbonyl (C=O) groups excluding carboxylic acids is 2. The van der Waals surface area contributed by atoms with Crippen LogP contribution in [0.15, 0.2) is 42.0 Å². The number of amides is 2. The van der Waals surface area contributed by atoms with Crippen molar-refractivity contribution >= 4 is 29.3 Å². The molecule has 0 bridgehead atoms. The third kappa shape index (κ3) is 2.88. The predicted molar refractivity (Wildman–Crippen MR) is 94.3 cm³/mol. The van der Waals surface area contributed by atoms with Crippen LogP contribution in [0, 0.1) is 24.0 Å². The quantitative estimate of drug-likeness (QED) is 0.381. The Hall–Kier alpha value is -3.68. The number of aromatic hydroxyl groups is 1. The SMILES string of the molecule is Cc1ccc(N2NC(=O)C(=Cc3cccc([N+](=O)[O-])c3O)C2=O)cc1C. The number of hydrazine groups is 1. The molecule has 0 unspecified atom stereocenters. The normalized spacial score (nSPS) is 15.5. The highest BCUT2D eigenvalue weighted by Crippen LogP contribution is 2.32. The first kappa shape index (κ1) is 17.2. The maximum absolute atomic E-state index is 12.6. The average molecular weight is 353 g/mol. The molecule has 0 aromatic heterocycles. The number of aryl methyl sites for hydroxylation is 2. The molecule has 3 rings (SSSR count). The fourth-order valence-corrected chi connectivity index (χ4v) is 2.57.